The molecule has 0 saturated heterocycles. The number of hydrogen-bond acceptors (Lipinski definition) is 2. The molecular weight excluding hydrogens is 229 g/mol. The van der Waals surface area contributed by atoms with Crippen molar-refractivity contribution >= 4 is 5.69 Å². The van der Waals surface area contributed by atoms with Crippen molar-refractivity contribution in [2.24, 2.45) is 0 Å². The second-order valence-corrected chi connectivity index (χ2v) is 4.53. The fourth-order valence-corrected chi connectivity index (χ4v) is 2.13. The largest absolute Gasteiger partial charge is 0.487 e. The Balaban J connectivity index is 2.00. The van der Waals surface area contributed by atoms with Crippen molar-refractivity contribution in [2.45, 2.75) is 13.0 Å². The highest BCUT2D eigenvalue weighted by Crippen LogP contribution is 2.33. The Hall–Kier alpha value is -2.03. The highest BCUT2D eigenvalue weighted by molar-refractivity contribution is 5.72. The third-order valence-corrected chi connectivity index (χ3v) is 3.05. The van der Waals surface area contributed by atoms with E-state index in [0.717, 1.165) is 29.1 Å². The van der Waals surface area contributed by atoms with E-state index in [-0.39, 0.29) is 11.9 Å². The maximum atomic E-state index is 13.2. The molecule has 1 atom stereocenters. The van der Waals surface area contributed by atoms with Gasteiger partial charge >= 0.3 is 0 Å². The number of rotatable bonds is 1. The van der Waals surface area contributed by atoms with Gasteiger partial charge in [-0.15, -0.1) is 0 Å². The topological polar surface area (TPSA) is 21.3 Å². The van der Waals surface area contributed by atoms with E-state index in [1.807, 2.05) is 31.2 Å². The third kappa shape index (κ3) is 2.04. The van der Waals surface area contributed by atoms with Crippen LogP contribution < -0.4 is 10.1 Å². The number of benzene rings is 2. The summed E-state index contributed by atoms with van der Waals surface area (Å²) in [6, 6.07) is 12.5. The predicted molar refractivity (Wildman–Crippen MR) is 70.4 cm³/mol. The molecule has 2 aromatic carbocycles. The number of fused-ring (bicyclic) bond motifs is 1. The highest BCUT2D eigenvalue weighted by atomic mass is 19.1. The van der Waals surface area contributed by atoms with Crippen LogP contribution in [0.5, 0.6) is 5.75 Å². The lowest BCUT2D eigenvalue weighted by Crippen LogP contribution is -2.27. The fourth-order valence-electron chi connectivity index (χ4n) is 2.13. The smallest absolute Gasteiger partial charge is 0.142 e. The average Bonchev–Trinajstić information content (AvgIpc) is 2.38. The lowest BCUT2D eigenvalue weighted by Gasteiger charge is -2.25. The molecule has 2 nitrogen and oxygen atoms in total. The number of ether oxygens (including phenoxy) is 1. The van der Waals surface area contributed by atoms with Crippen molar-refractivity contribution < 1.29 is 9.13 Å². The molecule has 2 aromatic rings. The molecule has 0 aromatic heterocycles. The maximum absolute atomic E-state index is 13.2. The SMILES string of the molecule is CC1CNc2cc(-c3cccc(F)c3)ccc2O1. The van der Waals surface area contributed by atoms with Crippen LogP contribution in [0.1, 0.15) is 6.92 Å². The molecule has 3 rings (SSSR count). The number of halogens is 1. The second kappa shape index (κ2) is 4.33. The maximum Gasteiger partial charge on any atom is 0.142 e. The van der Waals surface area contributed by atoms with Crippen LogP contribution in [0.15, 0.2) is 42.5 Å². The van der Waals surface area contributed by atoms with Crippen LogP contribution in [-0.4, -0.2) is 12.6 Å². The number of hydrogen-bond donors (Lipinski definition) is 1. The molecule has 92 valence electrons. The lowest BCUT2D eigenvalue weighted by molar-refractivity contribution is 0.226. The monoisotopic (exact) mass is 243 g/mol. The molecule has 1 aliphatic rings. The Kier molecular flexibility index (Phi) is 2.67. The standard InChI is InChI=1S/C15H14FNO/c1-10-9-17-14-8-12(5-6-15(14)18-10)11-3-2-4-13(16)7-11/h2-8,10,17H,9H2,1H3. The van der Waals surface area contributed by atoms with Crippen molar-refractivity contribution in [1.82, 2.24) is 0 Å². The molecule has 0 bridgehead atoms. The van der Waals surface area contributed by atoms with Gasteiger partial charge in [0.2, 0.25) is 0 Å². The summed E-state index contributed by atoms with van der Waals surface area (Å²) in [5.74, 6) is 0.636. The Morgan fingerprint density at radius 3 is 2.83 bits per heavy atom. The van der Waals surface area contributed by atoms with Crippen molar-refractivity contribution in [3.05, 3.63) is 48.3 Å². The summed E-state index contributed by atoms with van der Waals surface area (Å²) in [4.78, 5) is 0. The molecule has 0 radical (unpaired) electrons. The Morgan fingerprint density at radius 1 is 1.17 bits per heavy atom. The van der Waals surface area contributed by atoms with E-state index in [2.05, 4.69) is 5.32 Å². The second-order valence-electron chi connectivity index (χ2n) is 4.53. The van der Waals surface area contributed by atoms with E-state index >= 15 is 0 Å². The first kappa shape index (κ1) is 11.1. The van der Waals surface area contributed by atoms with E-state index in [0.29, 0.717) is 0 Å². The van der Waals surface area contributed by atoms with Gasteiger partial charge in [0.25, 0.3) is 0 Å². The molecular formula is C15H14FNO. The number of nitrogens with one attached hydrogen (secondary N) is 1. The molecule has 0 spiro atoms. The van der Waals surface area contributed by atoms with E-state index in [4.69, 9.17) is 4.74 Å². The van der Waals surface area contributed by atoms with E-state index in [1.165, 1.54) is 12.1 Å². The summed E-state index contributed by atoms with van der Waals surface area (Å²) in [6.07, 6.45) is 0.178. The Bertz CT molecular complexity index is 582. The van der Waals surface area contributed by atoms with Gasteiger partial charge in [0.15, 0.2) is 0 Å². The van der Waals surface area contributed by atoms with Crippen molar-refractivity contribution in [3.8, 4) is 16.9 Å². The molecule has 0 fully saturated rings. The fraction of sp³-hybridized carbons (Fsp3) is 0.200. The van der Waals surface area contributed by atoms with Gasteiger partial charge in [-0.3, -0.25) is 0 Å². The quantitative estimate of drug-likeness (QED) is 0.824. The molecule has 0 aliphatic carbocycles. The van der Waals surface area contributed by atoms with Crippen LogP contribution >= 0.6 is 0 Å². The zero-order chi connectivity index (χ0) is 12.5. The first-order chi connectivity index (χ1) is 8.72. The van der Waals surface area contributed by atoms with E-state index in [9.17, 15) is 4.39 Å². The van der Waals surface area contributed by atoms with Crippen LogP contribution in [0, 0.1) is 5.82 Å². The van der Waals surface area contributed by atoms with Crippen LogP contribution in [0.3, 0.4) is 0 Å². The van der Waals surface area contributed by atoms with E-state index < -0.39 is 0 Å². The molecule has 18 heavy (non-hydrogen) atoms. The molecule has 1 heterocycles. The summed E-state index contributed by atoms with van der Waals surface area (Å²) < 4.78 is 18.9. The van der Waals surface area contributed by atoms with Crippen molar-refractivity contribution in [3.63, 3.8) is 0 Å². The zero-order valence-corrected chi connectivity index (χ0v) is 10.1. The highest BCUT2D eigenvalue weighted by Gasteiger charge is 2.15. The van der Waals surface area contributed by atoms with Crippen LogP contribution in [-0.2, 0) is 0 Å². The summed E-state index contributed by atoms with van der Waals surface area (Å²) in [5.41, 5.74) is 2.83. The summed E-state index contributed by atoms with van der Waals surface area (Å²) in [5, 5.41) is 3.32. The average molecular weight is 243 g/mol. The normalized spacial score (nSPS) is 17.6. The molecule has 3 heteroatoms. The van der Waals surface area contributed by atoms with Gasteiger partial charge in [-0.1, -0.05) is 18.2 Å². The molecule has 0 saturated carbocycles. The minimum Gasteiger partial charge on any atom is -0.487 e. The van der Waals surface area contributed by atoms with Gasteiger partial charge in [0, 0.05) is 0 Å². The third-order valence-electron chi connectivity index (χ3n) is 3.05. The van der Waals surface area contributed by atoms with Crippen LogP contribution in [0.4, 0.5) is 10.1 Å². The molecule has 1 N–H and O–H groups in total. The zero-order valence-electron chi connectivity index (χ0n) is 10.1. The summed E-state index contributed by atoms with van der Waals surface area (Å²) >= 11 is 0. The lowest BCUT2D eigenvalue weighted by atomic mass is 10.0. The molecule has 1 aliphatic heterocycles. The van der Waals surface area contributed by atoms with Crippen LogP contribution in [0.25, 0.3) is 11.1 Å². The molecule has 0 amide bonds. The van der Waals surface area contributed by atoms with E-state index in [1.54, 1.807) is 6.07 Å². The first-order valence-electron chi connectivity index (χ1n) is 6.03. The van der Waals surface area contributed by atoms with Gasteiger partial charge in [0.1, 0.15) is 17.7 Å². The summed E-state index contributed by atoms with van der Waals surface area (Å²) in [6.45, 7) is 2.82. The number of anilines is 1. The minimum absolute atomic E-state index is 0.178. The van der Waals surface area contributed by atoms with Gasteiger partial charge in [0.05, 0.1) is 12.2 Å². The molecule has 1 unspecified atom stereocenters. The van der Waals surface area contributed by atoms with Crippen molar-refractivity contribution in [1.29, 1.82) is 0 Å². The first-order valence-corrected chi connectivity index (χ1v) is 6.03. The van der Waals surface area contributed by atoms with Gasteiger partial charge in [-0.25, -0.2) is 4.39 Å². The van der Waals surface area contributed by atoms with Crippen molar-refractivity contribution in [2.75, 3.05) is 11.9 Å². The van der Waals surface area contributed by atoms with Gasteiger partial charge in [-0.2, -0.15) is 0 Å². The van der Waals surface area contributed by atoms with Gasteiger partial charge in [-0.05, 0) is 42.3 Å². The Morgan fingerprint density at radius 2 is 2.00 bits per heavy atom. The predicted octanol–water partition coefficient (Wildman–Crippen LogP) is 3.69. The Labute approximate surface area is 105 Å². The van der Waals surface area contributed by atoms with Crippen LogP contribution in [0.2, 0.25) is 0 Å². The summed E-state index contributed by atoms with van der Waals surface area (Å²) in [7, 11) is 0. The minimum atomic E-state index is -0.219. The van der Waals surface area contributed by atoms with Gasteiger partial charge < -0.3 is 10.1 Å².